The van der Waals surface area contributed by atoms with Gasteiger partial charge in [0.15, 0.2) is 0 Å². The fourth-order valence-electron chi connectivity index (χ4n) is 4.39. The lowest BCUT2D eigenvalue weighted by molar-refractivity contribution is -0.115. The Morgan fingerprint density at radius 1 is 1.37 bits per heavy atom. The predicted molar refractivity (Wildman–Crippen MR) is 106 cm³/mol. The largest absolute Gasteiger partial charge is 0.390 e. The van der Waals surface area contributed by atoms with Crippen LogP contribution in [0.2, 0.25) is 0 Å². The number of amides is 1. The average Bonchev–Trinajstić information content (AvgIpc) is 3.33. The number of thiophene rings is 1. The van der Waals surface area contributed by atoms with Crippen LogP contribution in [0.15, 0.2) is 29.6 Å². The molecule has 1 saturated heterocycles. The molecule has 1 aromatic carbocycles. The molecule has 1 fully saturated rings. The van der Waals surface area contributed by atoms with E-state index >= 15 is 0 Å². The summed E-state index contributed by atoms with van der Waals surface area (Å²) in [4.78, 5) is 15.6. The second kappa shape index (κ2) is 7.00. The van der Waals surface area contributed by atoms with Gasteiger partial charge in [0.05, 0.1) is 24.3 Å². The van der Waals surface area contributed by atoms with Gasteiger partial charge < -0.3 is 10.4 Å². The third-order valence-electron chi connectivity index (χ3n) is 5.91. The molecule has 1 aromatic heterocycles. The molecule has 2 N–H and O–H groups in total. The number of likely N-dealkylation sites (tertiary alicyclic amines) is 1. The first kappa shape index (κ1) is 18.6. The molecule has 0 spiro atoms. The maximum Gasteiger partial charge on any atom is 0.229 e. The highest BCUT2D eigenvalue weighted by Crippen LogP contribution is 2.49. The molecular weight excluding hydrogens is 363 g/mol. The molecule has 2 unspecified atom stereocenters. The summed E-state index contributed by atoms with van der Waals surface area (Å²) in [6.45, 7) is 5.80. The maximum atomic E-state index is 14.8. The smallest absolute Gasteiger partial charge is 0.229 e. The Balaban J connectivity index is 1.65. The minimum atomic E-state index is -0.595. The molecule has 4 nitrogen and oxygen atoms in total. The van der Waals surface area contributed by atoms with Crippen LogP contribution in [-0.2, 0) is 16.6 Å². The van der Waals surface area contributed by atoms with Gasteiger partial charge in [0.25, 0.3) is 0 Å². The third-order valence-corrected chi connectivity index (χ3v) is 6.79. The molecule has 1 aliphatic heterocycles. The van der Waals surface area contributed by atoms with Crippen LogP contribution in [-0.4, -0.2) is 35.1 Å². The first-order chi connectivity index (χ1) is 12.9. The van der Waals surface area contributed by atoms with Crippen molar-refractivity contribution in [2.75, 3.05) is 18.4 Å². The van der Waals surface area contributed by atoms with Gasteiger partial charge in [-0.2, -0.15) is 0 Å². The molecule has 0 bridgehead atoms. The van der Waals surface area contributed by atoms with Crippen molar-refractivity contribution >= 4 is 22.9 Å². The summed E-state index contributed by atoms with van der Waals surface area (Å²) in [5.41, 5.74) is 1.44. The SMILES string of the molecule is CC1(C)c2cc(F)c(NC(=O)Cc3cccs3)cc2C(N2CCCC2)C1O. The molecule has 2 aliphatic rings. The van der Waals surface area contributed by atoms with E-state index in [2.05, 4.69) is 10.2 Å². The topological polar surface area (TPSA) is 52.6 Å². The first-order valence-electron chi connectivity index (χ1n) is 9.46. The highest BCUT2D eigenvalue weighted by molar-refractivity contribution is 7.10. The van der Waals surface area contributed by atoms with Gasteiger partial charge in [-0.05, 0) is 60.6 Å². The van der Waals surface area contributed by atoms with Crippen molar-refractivity contribution in [3.63, 3.8) is 0 Å². The van der Waals surface area contributed by atoms with Crippen LogP contribution in [0, 0.1) is 5.82 Å². The number of halogens is 1. The summed E-state index contributed by atoms with van der Waals surface area (Å²) in [7, 11) is 0. The number of benzene rings is 1. The van der Waals surface area contributed by atoms with Crippen molar-refractivity contribution in [3.8, 4) is 0 Å². The van der Waals surface area contributed by atoms with Gasteiger partial charge in [-0.1, -0.05) is 19.9 Å². The molecule has 1 amide bonds. The summed E-state index contributed by atoms with van der Waals surface area (Å²) in [5.74, 6) is -0.678. The minimum Gasteiger partial charge on any atom is -0.390 e. The van der Waals surface area contributed by atoms with E-state index < -0.39 is 17.3 Å². The van der Waals surface area contributed by atoms with E-state index in [1.807, 2.05) is 31.4 Å². The number of hydrogen-bond acceptors (Lipinski definition) is 4. The van der Waals surface area contributed by atoms with E-state index in [0.29, 0.717) is 0 Å². The zero-order valence-electron chi connectivity index (χ0n) is 15.7. The number of fused-ring (bicyclic) bond motifs is 1. The van der Waals surface area contributed by atoms with Crippen LogP contribution in [0.4, 0.5) is 10.1 Å². The summed E-state index contributed by atoms with van der Waals surface area (Å²) < 4.78 is 14.8. The third kappa shape index (κ3) is 3.30. The highest BCUT2D eigenvalue weighted by atomic mass is 32.1. The molecule has 144 valence electrons. The molecule has 6 heteroatoms. The Kier molecular flexibility index (Phi) is 4.82. The van der Waals surface area contributed by atoms with Crippen LogP contribution in [0.3, 0.4) is 0 Å². The van der Waals surface area contributed by atoms with Gasteiger partial charge in [0.1, 0.15) is 5.82 Å². The summed E-state index contributed by atoms with van der Waals surface area (Å²) in [5, 5.41) is 15.6. The van der Waals surface area contributed by atoms with Gasteiger partial charge in [-0.15, -0.1) is 11.3 Å². The van der Waals surface area contributed by atoms with Crippen LogP contribution < -0.4 is 5.32 Å². The summed E-state index contributed by atoms with van der Waals surface area (Å²) >= 11 is 1.51. The summed E-state index contributed by atoms with van der Waals surface area (Å²) in [6, 6.07) is 6.87. The Morgan fingerprint density at radius 3 is 2.78 bits per heavy atom. The van der Waals surface area contributed by atoms with Crippen molar-refractivity contribution in [1.29, 1.82) is 0 Å². The van der Waals surface area contributed by atoms with E-state index in [9.17, 15) is 14.3 Å². The standard InChI is InChI=1S/C21H25FN2O2S/c1-21(2)15-12-16(22)17(23-18(25)10-13-6-5-9-27-13)11-14(15)19(20(21)26)24-7-3-4-8-24/h5-6,9,11-12,19-20,26H,3-4,7-8,10H2,1-2H3,(H,23,25). The zero-order valence-corrected chi connectivity index (χ0v) is 16.5. The first-order valence-corrected chi connectivity index (χ1v) is 10.3. The normalized spacial score (nSPS) is 24.1. The van der Waals surface area contributed by atoms with Crippen LogP contribution in [0.5, 0.6) is 0 Å². The monoisotopic (exact) mass is 388 g/mol. The Morgan fingerprint density at radius 2 is 2.11 bits per heavy atom. The lowest BCUT2D eigenvalue weighted by atomic mass is 9.84. The number of hydrogen-bond donors (Lipinski definition) is 2. The van der Waals surface area contributed by atoms with Crippen molar-refractivity contribution in [2.24, 2.45) is 0 Å². The molecule has 0 saturated carbocycles. The molecule has 27 heavy (non-hydrogen) atoms. The van der Waals surface area contributed by atoms with Gasteiger partial charge in [0.2, 0.25) is 5.91 Å². The molecule has 0 radical (unpaired) electrons. The fraction of sp³-hybridized carbons (Fsp3) is 0.476. The molecular formula is C21H25FN2O2S. The van der Waals surface area contributed by atoms with E-state index in [1.54, 1.807) is 6.07 Å². The van der Waals surface area contributed by atoms with Crippen LogP contribution in [0.1, 0.15) is 48.7 Å². The van der Waals surface area contributed by atoms with Gasteiger partial charge >= 0.3 is 0 Å². The molecule has 1 aliphatic carbocycles. The Bertz CT molecular complexity index is 844. The van der Waals surface area contributed by atoms with Gasteiger partial charge in [0, 0.05) is 10.3 Å². The van der Waals surface area contributed by atoms with E-state index in [4.69, 9.17) is 0 Å². The lowest BCUT2D eigenvalue weighted by Gasteiger charge is -2.31. The average molecular weight is 389 g/mol. The van der Waals surface area contributed by atoms with Gasteiger partial charge in [-0.3, -0.25) is 9.69 Å². The maximum absolute atomic E-state index is 14.8. The molecule has 4 rings (SSSR count). The fourth-order valence-corrected chi connectivity index (χ4v) is 5.10. The zero-order chi connectivity index (χ0) is 19.2. The predicted octanol–water partition coefficient (Wildman–Crippen LogP) is 3.86. The van der Waals surface area contributed by atoms with E-state index in [0.717, 1.165) is 41.9 Å². The molecule has 2 heterocycles. The number of aliphatic hydroxyl groups excluding tert-OH is 1. The van der Waals surface area contributed by atoms with Crippen molar-refractivity contribution < 1.29 is 14.3 Å². The molecule has 2 atom stereocenters. The summed E-state index contributed by atoms with van der Waals surface area (Å²) in [6.07, 6.45) is 1.87. The van der Waals surface area contributed by atoms with Crippen molar-refractivity contribution in [2.45, 2.75) is 50.7 Å². The number of anilines is 1. The number of nitrogens with zero attached hydrogens (tertiary/aromatic N) is 1. The van der Waals surface area contributed by atoms with E-state index in [1.165, 1.54) is 17.4 Å². The lowest BCUT2D eigenvalue weighted by Crippen LogP contribution is -2.38. The van der Waals surface area contributed by atoms with Crippen molar-refractivity contribution in [1.82, 2.24) is 4.90 Å². The minimum absolute atomic E-state index is 0.147. The quantitative estimate of drug-likeness (QED) is 0.836. The highest BCUT2D eigenvalue weighted by Gasteiger charge is 2.48. The Labute approximate surface area is 163 Å². The van der Waals surface area contributed by atoms with Crippen LogP contribution >= 0.6 is 11.3 Å². The Hall–Kier alpha value is -1.76. The van der Waals surface area contributed by atoms with Crippen molar-refractivity contribution in [3.05, 3.63) is 51.5 Å². The second-order valence-corrected chi connectivity index (χ2v) is 9.11. The number of carbonyl (C=O) groups excluding carboxylic acids is 1. The number of aliphatic hydroxyl groups is 1. The second-order valence-electron chi connectivity index (χ2n) is 8.08. The number of nitrogens with one attached hydrogen (secondary N) is 1. The molecule has 2 aromatic rings. The van der Waals surface area contributed by atoms with E-state index in [-0.39, 0.29) is 24.1 Å². The number of carbonyl (C=O) groups is 1. The van der Waals surface area contributed by atoms with Gasteiger partial charge in [-0.25, -0.2) is 4.39 Å². The number of rotatable bonds is 4. The van der Waals surface area contributed by atoms with Crippen LogP contribution in [0.25, 0.3) is 0 Å².